The van der Waals surface area contributed by atoms with Gasteiger partial charge in [0.05, 0.1) is 30.3 Å². The van der Waals surface area contributed by atoms with Crippen molar-refractivity contribution >= 4 is 23.1 Å². The molecule has 0 unspecified atom stereocenters. The maximum absolute atomic E-state index is 12.9. The summed E-state index contributed by atoms with van der Waals surface area (Å²) in [4.78, 5) is 23.9. The molecular weight excluding hydrogens is 368 g/mol. The number of carbonyl (C=O) groups excluding carboxylic acids is 1. The lowest BCUT2D eigenvalue weighted by atomic mass is 10.1. The molecule has 4 rings (SSSR count). The molecule has 3 heterocycles. The van der Waals surface area contributed by atoms with Crippen LogP contribution in [0.4, 0.5) is 11.5 Å². The molecule has 0 bridgehead atoms. The average Bonchev–Trinajstić information content (AvgIpc) is 3.07. The maximum atomic E-state index is 12.9. The molecule has 1 aliphatic rings. The fraction of sp³-hybridized carbons (Fsp3) is 0.381. The van der Waals surface area contributed by atoms with Crippen molar-refractivity contribution in [2.75, 3.05) is 36.5 Å². The van der Waals surface area contributed by atoms with Crippen LogP contribution in [0.15, 0.2) is 36.8 Å². The molecule has 0 radical (unpaired) electrons. The molecule has 8 nitrogen and oxygen atoms in total. The van der Waals surface area contributed by atoms with Crippen LogP contribution in [0.3, 0.4) is 0 Å². The Morgan fingerprint density at radius 3 is 3.03 bits per heavy atom. The summed E-state index contributed by atoms with van der Waals surface area (Å²) in [5.41, 5.74) is 3.19. The fourth-order valence-corrected chi connectivity index (χ4v) is 3.61. The number of aromatic nitrogens is 3. The quantitative estimate of drug-likeness (QED) is 0.692. The van der Waals surface area contributed by atoms with Crippen LogP contribution in [0.25, 0.3) is 5.65 Å². The Hall–Kier alpha value is -3.13. The predicted octanol–water partition coefficient (Wildman–Crippen LogP) is 2.49. The molecule has 3 aromatic rings. The topological polar surface area (TPSA) is 83.8 Å². The lowest BCUT2D eigenvalue weighted by molar-refractivity contribution is 0.102. The van der Waals surface area contributed by atoms with Crippen LogP contribution in [0.5, 0.6) is 5.75 Å². The lowest BCUT2D eigenvalue weighted by Gasteiger charge is -2.34. The van der Waals surface area contributed by atoms with E-state index in [9.17, 15) is 4.79 Å². The zero-order chi connectivity index (χ0) is 20.4. The molecule has 2 aromatic heterocycles. The molecule has 8 heteroatoms. The summed E-state index contributed by atoms with van der Waals surface area (Å²) in [6, 6.07) is 6.18. The highest BCUT2D eigenvalue weighted by molar-refractivity contribution is 6.06. The minimum atomic E-state index is -0.252. The highest BCUT2D eigenvalue weighted by atomic mass is 16.5. The second-order valence-electron chi connectivity index (χ2n) is 7.29. The van der Waals surface area contributed by atoms with E-state index in [1.54, 1.807) is 12.4 Å². The van der Waals surface area contributed by atoms with E-state index in [0.29, 0.717) is 29.8 Å². The van der Waals surface area contributed by atoms with Crippen molar-refractivity contribution in [1.82, 2.24) is 19.7 Å². The highest BCUT2D eigenvalue weighted by Gasteiger charge is 2.20. The number of imidazole rings is 1. The molecule has 1 amide bonds. The van der Waals surface area contributed by atoms with Crippen LogP contribution in [-0.4, -0.2) is 52.6 Å². The van der Waals surface area contributed by atoms with Crippen LogP contribution in [0.1, 0.15) is 29.9 Å². The molecule has 2 N–H and O–H groups in total. The summed E-state index contributed by atoms with van der Waals surface area (Å²) >= 11 is 0. The molecule has 1 aromatic carbocycles. The van der Waals surface area contributed by atoms with Gasteiger partial charge < -0.3 is 24.7 Å². The second kappa shape index (κ2) is 8.08. The zero-order valence-corrected chi connectivity index (χ0v) is 17.0. The van der Waals surface area contributed by atoms with Crippen LogP contribution >= 0.6 is 0 Å². The number of nitrogens with one attached hydrogen (secondary N) is 2. The first-order valence-corrected chi connectivity index (χ1v) is 9.91. The van der Waals surface area contributed by atoms with E-state index in [4.69, 9.17) is 4.74 Å². The highest BCUT2D eigenvalue weighted by Crippen LogP contribution is 2.27. The van der Waals surface area contributed by atoms with Gasteiger partial charge in [0.15, 0.2) is 5.65 Å². The number of hydrogen-bond donors (Lipinski definition) is 2. The number of nitrogens with zero attached hydrogens (tertiary/aromatic N) is 4. The molecule has 1 saturated heterocycles. The van der Waals surface area contributed by atoms with Crippen LogP contribution in [-0.2, 0) is 0 Å². The molecule has 152 valence electrons. The summed E-state index contributed by atoms with van der Waals surface area (Å²) in [6.45, 7) is 9.28. The number of amides is 1. The van der Waals surface area contributed by atoms with E-state index >= 15 is 0 Å². The Kier molecular flexibility index (Phi) is 5.35. The number of aryl methyl sites for hydroxylation is 1. The summed E-state index contributed by atoms with van der Waals surface area (Å²) in [6.07, 6.45) is 5.28. The number of hydrogen-bond acceptors (Lipinski definition) is 6. The van der Waals surface area contributed by atoms with Gasteiger partial charge in [0.25, 0.3) is 5.91 Å². The van der Waals surface area contributed by atoms with Gasteiger partial charge in [0.2, 0.25) is 0 Å². The fourth-order valence-electron chi connectivity index (χ4n) is 3.61. The number of anilines is 2. The van der Waals surface area contributed by atoms with Crippen molar-refractivity contribution in [3.05, 3.63) is 48.0 Å². The van der Waals surface area contributed by atoms with E-state index < -0.39 is 0 Å². The third-order valence-electron chi connectivity index (χ3n) is 4.95. The SMILES string of the molecule is CCOc1cc(N2CCN[C@H](C)C2)ccc1C(=O)Nc1cn2cc(C)nc2cn1. The first-order chi connectivity index (χ1) is 14.0. The van der Waals surface area contributed by atoms with Crippen molar-refractivity contribution in [2.24, 2.45) is 0 Å². The van der Waals surface area contributed by atoms with Gasteiger partial charge in [-0.15, -0.1) is 0 Å². The summed E-state index contributed by atoms with van der Waals surface area (Å²) in [5, 5.41) is 6.30. The third-order valence-corrected chi connectivity index (χ3v) is 4.95. The molecule has 0 saturated carbocycles. The normalized spacial score (nSPS) is 16.8. The Morgan fingerprint density at radius 1 is 1.38 bits per heavy atom. The number of rotatable bonds is 5. The number of benzene rings is 1. The number of fused-ring (bicyclic) bond motifs is 1. The van der Waals surface area contributed by atoms with Crippen molar-refractivity contribution < 1.29 is 9.53 Å². The van der Waals surface area contributed by atoms with E-state index in [-0.39, 0.29) is 5.91 Å². The van der Waals surface area contributed by atoms with Gasteiger partial charge in [-0.25, -0.2) is 9.97 Å². The Balaban J connectivity index is 1.57. The lowest BCUT2D eigenvalue weighted by Crippen LogP contribution is -2.49. The Morgan fingerprint density at radius 2 is 2.24 bits per heavy atom. The first kappa shape index (κ1) is 19.2. The van der Waals surface area contributed by atoms with Crippen molar-refractivity contribution in [2.45, 2.75) is 26.8 Å². The maximum Gasteiger partial charge on any atom is 0.260 e. The van der Waals surface area contributed by atoms with Crippen LogP contribution < -0.4 is 20.3 Å². The summed E-state index contributed by atoms with van der Waals surface area (Å²) < 4.78 is 7.63. The van der Waals surface area contributed by atoms with E-state index in [1.807, 2.05) is 42.6 Å². The van der Waals surface area contributed by atoms with Gasteiger partial charge in [-0.05, 0) is 32.9 Å². The van der Waals surface area contributed by atoms with Gasteiger partial charge in [-0.1, -0.05) is 0 Å². The largest absolute Gasteiger partial charge is 0.493 e. The Labute approximate surface area is 169 Å². The summed E-state index contributed by atoms with van der Waals surface area (Å²) in [5.74, 6) is 0.785. The van der Waals surface area contributed by atoms with E-state index in [1.165, 1.54) is 0 Å². The van der Waals surface area contributed by atoms with Gasteiger partial charge >= 0.3 is 0 Å². The monoisotopic (exact) mass is 394 g/mol. The minimum Gasteiger partial charge on any atom is -0.493 e. The standard InChI is InChI=1S/C21H26N6O2/c1-4-29-18-9-16(26-8-7-22-14(2)11-26)5-6-17(18)21(28)25-19-13-27-12-15(3)24-20(27)10-23-19/h5-6,9-10,12-14,22H,4,7-8,11H2,1-3H3,(H,25,28)/t14-/m1/s1. The van der Waals surface area contributed by atoms with E-state index in [0.717, 1.165) is 36.7 Å². The average molecular weight is 394 g/mol. The van der Waals surface area contributed by atoms with Gasteiger partial charge in [-0.3, -0.25) is 4.79 Å². The van der Waals surface area contributed by atoms with Crippen molar-refractivity contribution in [3.63, 3.8) is 0 Å². The molecule has 29 heavy (non-hydrogen) atoms. The number of ether oxygens (including phenoxy) is 1. The van der Waals surface area contributed by atoms with Crippen molar-refractivity contribution in [1.29, 1.82) is 0 Å². The second-order valence-corrected chi connectivity index (χ2v) is 7.29. The molecule has 1 fully saturated rings. The van der Waals surface area contributed by atoms with E-state index in [2.05, 4.69) is 32.4 Å². The predicted molar refractivity (Wildman–Crippen MR) is 113 cm³/mol. The van der Waals surface area contributed by atoms with Crippen LogP contribution in [0, 0.1) is 6.92 Å². The summed E-state index contributed by atoms with van der Waals surface area (Å²) in [7, 11) is 0. The number of piperazine rings is 1. The smallest absolute Gasteiger partial charge is 0.260 e. The zero-order valence-electron chi connectivity index (χ0n) is 17.0. The molecule has 1 atom stereocenters. The first-order valence-electron chi connectivity index (χ1n) is 9.91. The van der Waals surface area contributed by atoms with Crippen molar-refractivity contribution in [3.8, 4) is 5.75 Å². The molecule has 0 spiro atoms. The molecule has 1 aliphatic heterocycles. The van der Waals surface area contributed by atoms with Gasteiger partial charge in [0, 0.05) is 43.6 Å². The van der Waals surface area contributed by atoms with Crippen LogP contribution in [0.2, 0.25) is 0 Å². The van der Waals surface area contributed by atoms with Gasteiger partial charge in [-0.2, -0.15) is 0 Å². The molecule has 0 aliphatic carbocycles. The van der Waals surface area contributed by atoms with Gasteiger partial charge in [0.1, 0.15) is 11.6 Å². The Bertz CT molecular complexity index is 1030. The number of carbonyl (C=O) groups is 1. The minimum absolute atomic E-state index is 0.252. The molecular formula is C21H26N6O2. The third kappa shape index (κ3) is 4.17.